The van der Waals surface area contributed by atoms with E-state index in [0.717, 1.165) is 51.4 Å². The number of Topliss-reactive ketones (excluding diaryl/α,β-unsaturated/α-hetero) is 1. The van der Waals surface area contributed by atoms with Crippen molar-refractivity contribution in [2.75, 3.05) is 0 Å². The van der Waals surface area contributed by atoms with Crippen molar-refractivity contribution in [1.82, 2.24) is 0 Å². The lowest BCUT2D eigenvalue weighted by Gasteiger charge is -2.56. The summed E-state index contributed by atoms with van der Waals surface area (Å²) >= 11 is 0. The van der Waals surface area contributed by atoms with Crippen molar-refractivity contribution in [3.05, 3.63) is 11.6 Å². The molecular formula is C19H27O3P. The Balaban J connectivity index is 1.66. The molecule has 3 fully saturated rings. The molecule has 3 nitrogen and oxygen atoms in total. The monoisotopic (exact) mass is 334 g/mol. The van der Waals surface area contributed by atoms with Crippen molar-refractivity contribution < 1.29 is 13.9 Å². The minimum Gasteiger partial charge on any atom is -0.299 e. The molecule has 0 N–H and O–H groups in total. The second kappa shape index (κ2) is 5.15. The number of allylic oxidation sites excluding steroid dienone is 2. The van der Waals surface area contributed by atoms with Crippen molar-refractivity contribution in [1.29, 1.82) is 0 Å². The van der Waals surface area contributed by atoms with E-state index in [2.05, 4.69) is 19.9 Å². The second-order valence-electron chi connectivity index (χ2n) is 8.86. The summed E-state index contributed by atoms with van der Waals surface area (Å²) in [6.07, 6.45) is 10.0. The van der Waals surface area contributed by atoms with Crippen LogP contribution in [-0.4, -0.2) is 11.4 Å². The van der Waals surface area contributed by atoms with Crippen LogP contribution in [0.3, 0.4) is 0 Å². The molecule has 3 saturated carbocycles. The molecule has 0 radical (unpaired) electrons. The van der Waals surface area contributed by atoms with Crippen LogP contribution in [0, 0.1) is 28.6 Å². The Bertz CT molecular complexity index is 641. The van der Waals surface area contributed by atoms with Gasteiger partial charge in [0.1, 0.15) is 5.78 Å². The van der Waals surface area contributed by atoms with Crippen LogP contribution in [0.5, 0.6) is 0 Å². The van der Waals surface area contributed by atoms with Gasteiger partial charge in [0.15, 0.2) is 0 Å². The summed E-state index contributed by atoms with van der Waals surface area (Å²) in [6.45, 7) is 4.59. The first-order valence-corrected chi connectivity index (χ1v) is 10.5. The number of fused-ring (bicyclic) bond motifs is 5. The van der Waals surface area contributed by atoms with Gasteiger partial charge >= 0.3 is 7.68 Å². The molecule has 4 heteroatoms. The highest BCUT2D eigenvalue weighted by Gasteiger charge is 2.58. The molecule has 0 aliphatic heterocycles. The third-order valence-corrected chi connectivity index (χ3v) is 9.12. The summed E-state index contributed by atoms with van der Waals surface area (Å²) in [7, 11) is -2.30. The molecule has 23 heavy (non-hydrogen) atoms. The molecule has 6 atom stereocenters. The van der Waals surface area contributed by atoms with E-state index >= 15 is 0 Å². The van der Waals surface area contributed by atoms with Gasteiger partial charge in [0.05, 0.1) is 5.66 Å². The molecule has 4 rings (SSSR count). The highest BCUT2D eigenvalue weighted by molar-refractivity contribution is 7.31. The van der Waals surface area contributed by atoms with E-state index in [1.54, 1.807) is 0 Å². The van der Waals surface area contributed by atoms with Gasteiger partial charge < -0.3 is 0 Å². The molecule has 0 aromatic heterocycles. The maximum atomic E-state index is 12.4. The topological polar surface area (TPSA) is 51.2 Å². The maximum absolute atomic E-state index is 12.4. The Kier molecular flexibility index (Phi) is 3.54. The first-order chi connectivity index (χ1) is 10.9. The van der Waals surface area contributed by atoms with Gasteiger partial charge in [0.2, 0.25) is 0 Å². The molecule has 0 saturated heterocycles. The molecule has 0 aromatic carbocycles. The zero-order valence-electron chi connectivity index (χ0n) is 14.2. The summed E-state index contributed by atoms with van der Waals surface area (Å²) in [4.78, 5) is 12.4. The number of carbonyl (C=O) groups is 1. The zero-order chi connectivity index (χ0) is 16.4. The average Bonchev–Trinajstić information content (AvgIpc) is 2.82. The standard InChI is InChI=1S/C19H27O3P/c1-18-9-7-13(23(21)22)11-12(18)3-4-14-15-5-6-17(20)19(15,2)10-8-16(14)18/h3,13-16H,4-11H2,1-2H3/t13?,14-,15-,16+,18-,19-/m0/s1. The maximum Gasteiger partial charge on any atom is 0.319 e. The third kappa shape index (κ3) is 2.11. The predicted molar refractivity (Wildman–Crippen MR) is 88.8 cm³/mol. The fourth-order valence-electron chi connectivity index (χ4n) is 6.59. The van der Waals surface area contributed by atoms with Crippen LogP contribution in [0.4, 0.5) is 0 Å². The Morgan fingerprint density at radius 1 is 1.04 bits per heavy atom. The number of hydrogen-bond donors (Lipinski definition) is 0. The van der Waals surface area contributed by atoms with Gasteiger partial charge in [0, 0.05) is 11.8 Å². The van der Waals surface area contributed by atoms with Gasteiger partial charge in [-0.2, -0.15) is 0 Å². The highest BCUT2D eigenvalue weighted by Crippen LogP contribution is 2.64. The molecule has 0 heterocycles. The van der Waals surface area contributed by atoms with Crippen molar-refractivity contribution in [3.8, 4) is 0 Å². The van der Waals surface area contributed by atoms with Crippen LogP contribution < -0.4 is 0 Å². The van der Waals surface area contributed by atoms with E-state index < -0.39 is 7.68 Å². The normalized spacial score (nSPS) is 49.0. The van der Waals surface area contributed by atoms with E-state index in [0.29, 0.717) is 23.5 Å². The highest BCUT2D eigenvalue weighted by atomic mass is 31.1. The predicted octanol–water partition coefficient (Wildman–Crippen LogP) is 5.06. The Labute approximate surface area is 139 Å². The lowest BCUT2D eigenvalue weighted by molar-refractivity contribution is -0.131. The molecule has 4 aliphatic carbocycles. The minimum absolute atomic E-state index is 0.0710. The summed E-state index contributed by atoms with van der Waals surface area (Å²) in [5.41, 5.74) is 1.36. The quantitative estimate of drug-likeness (QED) is 0.497. The number of ketones is 1. The minimum atomic E-state index is -2.30. The molecule has 0 bridgehead atoms. The van der Waals surface area contributed by atoms with Crippen LogP contribution in [0.1, 0.15) is 65.2 Å². The summed E-state index contributed by atoms with van der Waals surface area (Å²) in [5.74, 6) is 2.33. The summed E-state index contributed by atoms with van der Waals surface area (Å²) in [6, 6.07) is 0. The number of hydrogen-bond acceptors (Lipinski definition) is 3. The first kappa shape index (κ1) is 15.8. The van der Waals surface area contributed by atoms with Gasteiger partial charge in [-0.3, -0.25) is 4.79 Å². The average molecular weight is 334 g/mol. The van der Waals surface area contributed by atoms with Crippen molar-refractivity contribution in [2.24, 2.45) is 28.6 Å². The van der Waals surface area contributed by atoms with Crippen molar-refractivity contribution in [3.63, 3.8) is 0 Å². The largest absolute Gasteiger partial charge is 0.319 e. The van der Waals surface area contributed by atoms with Gasteiger partial charge in [0.25, 0.3) is 0 Å². The lowest BCUT2D eigenvalue weighted by Crippen LogP contribution is -2.50. The molecule has 126 valence electrons. The van der Waals surface area contributed by atoms with Crippen LogP contribution >= 0.6 is 7.68 Å². The lowest BCUT2D eigenvalue weighted by atomic mass is 9.48. The molecular weight excluding hydrogens is 307 g/mol. The molecule has 4 aliphatic rings. The van der Waals surface area contributed by atoms with Gasteiger partial charge in [-0.25, -0.2) is 9.13 Å². The van der Waals surface area contributed by atoms with Gasteiger partial charge in [-0.1, -0.05) is 25.5 Å². The van der Waals surface area contributed by atoms with Gasteiger partial charge in [-0.05, 0) is 68.1 Å². The van der Waals surface area contributed by atoms with E-state index in [1.807, 2.05) is 0 Å². The zero-order valence-corrected chi connectivity index (χ0v) is 15.1. The van der Waals surface area contributed by atoms with E-state index in [-0.39, 0.29) is 16.5 Å². The van der Waals surface area contributed by atoms with Crippen molar-refractivity contribution >= 4 is 13.5 Å². The molecule has 0 amide bonds. The number of rotatable bonds is 1. The molecule has 0 aromatic rings. The third-order valence-electron chi connectivity index (χ3n) is 8.09. The SMILES string of the molecule is C[C@]12CCC(P(=O)=O)CC1=CC[C@@H]1[C@H]2CC[C@]2(C)C(=O)CC[C@@H]12. The number of carbonyl (C=O) groups excluding carboxylic acids is 1. The smallest absolute Gasteiger partial charge is 0.299 e. The fourth-order valence-corrected chi connectivity index (χ4v) is 7.28. The molecule has 0 spiro atoms. The summed E-state index contributed by atoms with van der Waals surface area (Å²) < 4.78 is 22.8. The van der Waals surface area contributed by atoms with Crippen LogP contribution in [0.15, 0.2) is 11.6 Å². The summed E-state index contributed by atoms with van der Waals surface area (Å²) in [5, 5.41) is 0. The van der Waals surface area contributed by atoms with Crippen LogP contribution in [0.2, 0.25) is 0 Å². The second-order valence-corrected chi connectivity index (χ2v) is 10.2. The van der Waals surface area contributed by atoms with Crippen LogP contribution in [-0.2, 0) is 13.9 Å². The van der Waals surface area contributed by atoms with Crippen molar-refractivity contribution in [2.45, 2.75) is 70.9 Å². The fraction of sp³-hybridized carbons (Fsp3) is 0.842. The Morgan fingerprint density at radius 2 is 1.74 bits per heavy atom. The molecule has 1 unspecified atom stereocenters. The Hall–Kier alpha value is -0.690. The Morgan fingerprint density at radius 3 is 2.48 bits per heavy atom. The van der Waals surface area contributed by atoms with E-state index in [4.69, 9.17) is 0 Å². The van der Waals surface area contributed by atoms with E-state index in [9.17, 15) is 13.9 Å². The van der Waals surface area contributed by atoms with E-state index in [1.165, 1.54) is 5.57 Å². The first-order valence-electron chi connectivity index (χ1n) is 9.22. The van der Waals surface area contributed by atoms with Gasteiger partial charge in [-0.15, -0.1) is 0 Å². The van der Waals surface area contributed by atoms with Crippen LogP contribution in [0.25, 0.3) is 0 Å².